The zero-order valence-electron chi connectivity index (χ0n) is 11.3. The fraction of sp³-hybridized carbons (Fsp3) is 0.750. The molecule has 0 N–H and O–H groups in total. The molecule has 1 heterocycles. The molecule has 1 saturated carbocycles. The number of nitrogens with zero attached hydrogens (tertiary/aromatic N) is 3. The second kappa shape index (κ2) is 5.81. The average Bonchev–Trinajstić information content (AvgIpc) is 2.71. The molecule has 2 rings (SSSR count). The SMILES string of the molecule is CN(CC1CCCCC1)S(=O)(=O)c1ncn(C)c1Cl. The predicted octanol–water partition coefficient (Wildman–Crippen LogP) is 2.27. The molecule has 108 valence electrons. The van der Waals surface area contributed by atoms with Crippen LogP contribution in [0.25, 0.3) is 0 Å². The summed E-state index contributed by atoms with van der Waals surface area (Å²) in [6.07, 6.45) is 7.29. The van der Waals surface area contributed by atoms with E-state index in [4.69, 9.17) is 11.6 Å². The molecule has 0 spiro atoms. The first-order valence-corrected chi connectivity index (χ1v) is 8.38. The van der Waals surface area contributed by atoms with E-state index in [1.807, 2.05) is 0 Å². The van der Waals surface area contributed by atoms with Gasteiger partial charge in [0.15, 0.2) is 0 Å². The number of imidazole rings is 1. The summed E-state index contributed by atoms with van der Waals surface area (Å²) in [4.78, 5) is 3.90. The quantitative estimate of drug-likeness (QED) is 0.857. The van der Waals surface area contributed by atoms with Gasteiger partial charge < -0.3 is 4.57 Å². The van der Waals surface area contributed by atoms with Gasteiger partial charge in [0.1, 0.15) is 5.15 Å². The number of halogens is 1. The summed E-state index contributed by atoms with van der Waals surface area (Å²) < 4.78 is 27.7. The lowest BCUT2D eigenvalue weighted by Gasteiger charge is -2.26. The Morgan fingerprint density at radius 2 is 2.05 bits per heavy atom. The smallest absolute Gasteiger partial charge is 0.263 e. The summed E-state index contributed by atoms with van der Waals surface area (Å²) in [7, 11) is -0.297. The number of hydrogen-bond donors (Lipinski definition) is 0. The highest BCUT2D eigenvalue weighted by atomic mass is 35.5. The molecule has 0 saturated heterocycles. The Labute approximate surface area is 119 Å². The van der Waals surface area contributed by atoms with Crippen molar-refractivity contribution in [3.05, 3.63) is 11.5 Å². The Morgan fingerprint density at radius 1 is 1.42 bits per heavy atom. The molecular formula is C12H20ClN3O2S. The van der Waals surface area contributed by atoms with Crippen molar-refractivity contribution in [2.45, 2.75) is 37.1 Å². The maximum absolute atomic E-state index is 12.4. The number of aryl methyl sites for hydroxylation is 1. The summed E-state index contributed by atoms with van der Waals surface area (Å²) in [6.45, 7) is 0.551. The minimum atomic E-state index is -3.58. The lowest BCUT2D eigenvalue weighted by molar-refractivity contribution is 0.299. The third-order valence-corrected chi connectivity index (χ3v) is 6.04. The molecule has 1 aromatic rings. The molecule has 0 aliphatic heterocycles. The van der Waals surface area contributed by atoms with Gasteiger partial charge in [0.2, 0.25) is 5.03 Å². The van der Waals surface area contributed by atoms with Gasteiger partial charge in [-0.25, -0.2) is 13.4 Å². The molecule has 19 heavy (non-hydrogen) atoms. The highest BCUT2D eigenvalue weighted by molar-refractivity contribution is 7.89. The van der Waals surface area contributed by atoms with Crippen LogP contribution < -0.4 is 0 Å². The molecule has 7 heteroatoms. The Bertz CT molecular complexity index is 535. The van der Waals surface area contributed by atoms with E-state index in [2.05, 4.69) is 4.98 Å². The van der Waals surface area contributed by atoms with Crippen molar-refractivity contribution >= 4 is 21.6 Å². The molecule has 0 radical (unpaired) electrons. The summed E-state index contributed by atoms with van der Waals surface area (Å²) in [6, 6.07) is 0. The van der Waals surface area contributed by atoms with E-state index in [0.717, 1.165) is 12.8 Å². The second-order valence-corrected chi connectivity index (χ2v) is 7.56. The van der Waals surface area contributed by atoms with E-state index >= 15 is 0 Å². The van der Waals surface area contributed by atoms with Crippen LogP contribution in [0.4, 0.5) is 0 Å². The van der Waals surface area contributed by atoms with E-state index in [9.17, 15) is 8.42 Å². The fourth-order valence-corrected chi connectivity index (χ4v) is 4.17. The normalized spacial score (nSPS) is 18.1. The van der Waals surface area contributed by atoms with Crippen LogP contribution in [0.15, 0.2) is 11.4 Å². The van der Waals surface area contributed by atoms with Crippen molar-refractivity contribution in [3.63, 3.8) is 0 Å². The molecular weight excluding hydrogens is 286 g/mol. The maximum Gasteiger partial charge on any atom is 0.263 e. The lowest BCUT2D eigenvalue weighted by atomic mass is 9.89. The fourth-order valence-electron chi connectivity index (χ4n) is 2.55. The lowest BCUT2D eigenvalue weighted by Crippen LogP contribution is -2.33. The molecule has 1 aliphatic carbocycles. The van der Waals surface area contributed by atoms with E-state index in [1.165, 1.54) is 34.5 Å². The molecule has 1 aromatic heterocycles. The highest BCUT2D eigenvalue weighted by Gasteiger charge is 2.29. The Kier molecular flexibility index (Phi) is 4.53. The largest absolute Gasteiger partial charge is 0.324 e. The maximum atomic E-state index is 12.4. The van der Waals surface area contributed by atoms with Gasteiger partial charge >= 0.3 is 0 Å². The highest BCUT2D eigenvalue weighted by Crippen LogP contribution is 2.27. The van der Waals surface area contributed by atoms with Crippen LogP contribution in [0.1, 0.15) is 32.1 Å². The van der Waals surface area contributed by atoms with Gasteiger partial charge in [0.25, 0.3) is 10.0 Å². The van der Waals surface area contributed by atoms with E-state index in [1.54, 1.807) is 14.1 Å². The molecule has 0 amide bonds. The summed E-state index contributed by atoms with van der Waals surface area (Å²) in [5, 5.41) is 0.116. The van der Waals surface area contributed by atoms with Crippen molar-refractivity contribution < 1.29 is 8.42 Å². The number of aromatic nitrogens is 2. The first-order valence-electron chi connectivity index (χ1n) is 6.56. The number of sulfonamides is 1. The summed E-state index contributed by atoms with van der Waals surface area (Å²) in [5.41, 5.74) is 0. The third-order valence-electron chi connectivity index (χ3n) is 3.73. The Hall–Kier alpha value is -0.590. The Morgan fingerprint density at radius 3 is 2.58 bits per heavy atom. The minimum Gasteiger partial charge on any atom is -0.324 e. The first kappa shape index (κ1) is 14.8. The van der Waals surface area contributed by atoms with Crippen molar-refractivity contribution in [1.82, 2.24) is 13.9 Å². The number of rotatable bonds is 4. The topological polar surface area (TPSA) is 55.2 Å². The van der Waals surface area contributed by atoms with Crippen LogP contribution >= 0.6 is 11.6 Å². The zero-order valence-corrected chi connectivity index (χ0v) is 12.9. The van der Waals surface area contributed by atoms with Gasteiger partial charge in [-0.05, 0) is 18.8 Å². The molecule has 1 aliphatic rings. The molecule has 0 atom stereocenters. The van der Waals surface area contributed by atoms with Crippen LogP contribution in [0.2, 0.25) is 5.15 Å². The van der Waals surface area contributed by atoms with E-state index < -0.39 is 10.0 Å². The van der Waals surface area contributed by atoms with Crippen LogP contribution in [0, 0.1) is 5.92 Å². The van der Waals surface area contributed by atoms with Gasteiger partial charge in [0, 0.05) is 20.6 Å². The standard InChI is InChI=1S/C12H20ClN3O2S/c1-15-9-14-12(11(15)13)19(17,18)16(2)8-10-6-4-3-5-7-10/h9-10H,3-8H2,1-2H3. The van der Waals surface area contributed by atoms with Gasteiger partial charge in [-0.15, -0.1) is 0 Å². The molecule has 5 nitrogen and oxygen atoms in total. The third kappa shape index (κ3) is 3.12. The van der Waals surface area contributed by atoms with Crippen LogP contribution in [0.5, 0.6) is 0 Å². The van der Waals surface area contributed by atoms with Crippen molar-refractivity contribution in [1.29, 1.82) is 0 Å². The van der Waals surface area contributed by atoms with Crippen molar-refractivity contribution in [2.75, 3.05) is 13.6 Å². The number of hydrogen-bond acceptors (Lipinski definition) is 3. The van der Waals surface area contributed by atoms with Crippen LogP contribution in [-0.4, -0.2) is 35.9 Å². The first-order chi connectivity index (χ1) is 8.93. The van der Waals surface area contributed by atoms with Crippen LogP contribution in [-0.2, 0) is 17.1 Å². The summed E-state index contributed by atoms with van der Waals surface area (Å²) in [5.74, 6) is 0.455. The minimum absolute atomic E-state index is 0.0463. The van der Waals surface area contributed by atoms with Gasteiger partial charge in [-0.3, -0.25) is 0 Å². The van der Waals surface area contributed by atoms with E-state index in [-0.39, 0.29) is 10.2 Å². The zero-order chi connectivity index (χ0) is 14.0. The van der Waals surface area contributed by atoms with Crippen molar-refractivity contribution in [3.8, 4) is 0 Å². The van der Waals surface area contributed by atoms with Gasteiger partial charge in [-0.1, -0.05) is 30.9 Å². The summed E-state index contributed by atoms with van der Waals surface area (Å²) >= 11 is 5.97. The Balaban J connectivity index is 2.12. The predicted molar refractivity (Wildman–Crippen MR) is 74.6 cm³/mol. The molecule has 0 aromatic carbocycles. The molecule has 1 fully saturated rings. The molecule has 0 bridgehead atoms. The average molecular weight is 306 g/mol. The monoisotopic (exact) mass is 305 g/mol. The molecule has 0 unspecified atom stereocenters. The van der Waals surface area contributed by atoms with Gasteiger partial charge in [-0.2, -0.15) is 4.31 Å². The van der Waals surface area contributed by atoms with Gasteiger partial charge in [0.05, 0.1) is 6.33 Å². The van der Waals surface area contributed by atoms with Crippen LogP contribution in [0.3, 0.4) is 0 Å². The van der Waals surface area contributed by atoms with E-state index in [0.29, 0.717) is 12.5 Å². The second-order valence-electron chi connectivity index (χ2n) is 5.24. The van der Waals surface area contributed by atoms with Crippen molar-refractivity contribution in [2.24, 2.45) is 13.0 Å².